The second-order valence-electron chi connectivity index (χ2n) is 5.11. The summed E-state index contributed by atoms with van der Waals surface area (Å²) in [4.78, 5) is 11.7. The largest absolute Gasteiger partial charge is 0.493 e. The fraction of sp³-hybridized carbons (Fsp3) is 0.471. The minimum absolute atomic E-state index is 0.283. The molecule has 0 amide bonds. The number of rotatable bonds is 6. The van der Waals surface area contributed by atoms with Gasteiger partial charge in [-0.1, -0.05) is 26.7 Å². The molecule has 2 aromatic rings. The van der Waals surface area contributed by atoms with E-state index < -0.39 is 0 Å². The highest BCUT2D eigenvalue weighted by atomic mass is 16.5. The van der Waals surface area contributed by atoms with Gasteiger partial charge in [0.25, 0.3) is 0 Å². The summed E-state index contributed by atoms with van der Waals surface area (Å²) >= 11 is 0. The lowest BCUT2D eigenvalue weighted by molar-refractivity contribution is 0.307. The molecule has 1 aromatic heterocycles. The molecule has 1 aromatic carbocycles. The van der Waals surface area contributed by atoms with E-state index in [4.69, 9.17) is 9.15 Å². The van der Waals surface area contributed by atoms with Crippen molar-refractivity contribution in [3.8, 4) is 5.75 Å². The van der Waals surface area contributed by atoms with Crippen LogP contribution < -0.4 is 10.4 Å². The molecule has 0 spiro atoms. The SMILES string of the molecule is CCCCOc1ccc2c(CCC)cc(=O)oc2c1C. The Bertz CT molecular complexity index is 640. The number of hydrogen-bond acceptors (Lipinski definition) is 3. The molecule has 0 atom stereocenters. The topological polar surface area (TPSA) is 39.4 Å². The molecule has 0 saturated carbocycles. The average Bonchev–Trinajstić information content (AvgIpc) is 2.42. The highest BCUT2D eigenvalue weighted by Crippen LogP contribution is 2.29. The highest BCUT2D eigenvalue weighted by molar-refractivity contribution is 5.84. The zero-order valence-electron chi connectivity index (χ0n) is 12.5. The summed E-state index contributed by atoms with van der Waals surface area (Å²) in [6.07, 6.45) is 4.02. The zero-order valence-corrected chi connectivity index (χ0v) is 12.5. The van der Waals surface area contributed by atoms with Crippen LogP contribution in [0.4, 0.5) is 0 Å². The molecule has 0 aliphatic heterocycles. The molecule has 0 bridgehead atoms. The predicted molar refractivity (Wildman–Crippen MR) is 81.6 cm³/mol. The van der Waals surface area contributed by atoms with Crippen LogP contribution in [0, 0.1) is 6.92 Å². The fourth-order valence-corrected chi connectivity index (χ4v) is 2.37. The quantitative estimate of drug-likeness (QED) is 0.584. The van der Waals surface area contributed by atoms with Crippen LogP contribution in [0.2, 0.25) is 0 Å². The summed E-state index contributed by atoms with van der Waals surface area (Å²) < 4.78 is 11.2. The van der Waals surface area contributed by atoms with E-state index in [-0.39, 0.29) is 5.63 Å². The lowest BCUT2D eigenvalue weighted by Crippen LogP contribution is -2.03. The van der Waals surface area contributed by atoms with Gasteiger partial charge in [0, 0.05) is 17.0 Å². The van der Waals surface area contributed by atoms with Gasteiger partial charge in [-0.15, -0.1) is 0 Å². The predicted octanol–water partition coefficient (Wildman–Crippen LogP) is 4.23. The van der Waals surface area contributed by atoms with E-state index >= 15 is 0 Å². The third-order valence-electron chi connectivity index (χ3n) is 3.47. The maximum absolute atomic E-state index is 11.7. The van der Waals surface area contributed by atoms with Crippen LogP contribution in [0.15, 0.2) is 27.4 Å². The van der Waals surface area contributed by atoms with Gasteiger partial charge in [0.2, 0.25) is 0 Å². The number of ether oxygens (including phenoxy) is 1. The monoisotopic (exact) mass is 274 g/mol. The van der Waals surface area contributed by atoms with Gasteiger partial charge < -0.3 is 9.15 Å². The summed E-state index contributed by atoms with van der Waals surface area (Å²) in [7, 11) is 0. The lowest BCUT2D eigenvalue weighted by Gasteiger charge is -2.11. The fourth-order valence-electron chi connectivity index (χ4n) is 2.37. The van der Waals surface area contributed by atoms with E-state index in [1.54, 1.807) is 6.07 Å². The molecule has 0 aliphatic carbocycles. The molecule has 0 fully saturated rings. The van der Waals surface area contributed by atoms with Gasteiger partial charge in [0.15, 0.2) is 0 Å². The molecule has 20 heavy (non-hydrogen) atoms. The van der Waals surface area contributed by atoms with Gasteiger partial charge in [-0.3, -0.25) is 0 Å². The summed E-state index contributed by atoms with van der Waals surface area (Å²) in [5.41, 5.74) is 2.35. The Kier molecular flexibility index (Phi) is 4.83. The van der Waals surface area contributed by atoms with Gasteiger partial charge in [-0.05, 0) is 37.5 Å². The molecule has 0 aliphatic rings. The zero-order chi connectivity index (χ0) is 14.5. The molecule has 0 unspecified atom stereocenters. The van der Waals surface area contributed by atoms with E-state index in [9.17, 15) is 4.79 Å². The molecule has 108 valence electrons. The Balaban J connectivity index is 2.47. The van der Waals surface area contributed by atoms with Crippen LogP contribution in [0.5, 0.6) is 5.75 Å². The van der Waals surface area contributed by atoms with E-state index in [1.807, 2.05) is 19.1 Å². The van der Waals surface area contributed by atoms with E-state index in [1.165, 1.54) is 0 Å². The standard InChI is InChI=1S/C17H22O3/c1-4-6-10-19-15-9-8-14-13(7-5-2)11-16(18)20-17(14)12(15)3/h8-9,11H,4-7,10H2,1-3H3. The first kappa shape index (κ1) is 14.6. The number of unbranched alkanes of at least 4 members (excludes halogenated alkanes) is 1. The maximum atomic E-state index is 11.7. The number of benzene rings is 1. The number of fused-ring (bicyclic) bond motifs is 1. The Morgan fingerprint density at radius 2 is 2.00 bits per heavy atom. The van der Waals surface area contributed by atoms with E-state index in [0.29, 0.717) is 12.2 Å². The summed E-state index contributed by atoms with van der Waals surface area (Å²) in [5, 5.41) is 1.02. The van der Waals surface area contributed by atoms with Crippen molar-refractivity contribution in [3.05, 3.63) is 39.7 Å². The Labute approximate surface area is 119 Å². The normalized spacial score (nSPS) is 10.9. The summed E-state index contributed by atoms with van der Waals surface area (Å²) in [6, 6.07) is 5.58. The summed E-state index contributed by atoms with van der Waals surface area (Å²) in [5.74, 6) is 0.808. The molecule has 2 rings (SSSR count). The maximum Gasteiger partial charge on any atom is 0.336 e. The van der Waals surface area contributed by atoms with Gasteiger partial charge in [-0.2, -0.15) is 0 Å². The Morgan fingerprint density at radius 3 is 2.70 bits per heavy atom. The second kappa shape index (κ2) is 6.60. The molecule has 3 nitrogen and oxygen atoms in total. The molecule has 3 heteroatoms. The minimum Gasteiger partial charge on any atom is -0.493 e. The molecular formula is C17H22O3. The number of aryl methyl sites for hydroxylation is 2. The van der Waals surface area contributed by atoms with Crippen molar-refractivity contribution in [1.82, 2.24) is 0 Å². The van der Waals surface area contributed by atoms with Crippen LogP contribution in [-0.2, 0) is 6.42 Å². The Hall–Kier alpha value is -1.77. The van der Waals surface area contributed by atoms with Crippen LogP contribution in [0.3, 0.4) is 0 Å². The van der Waals surface area contributed by atoms with Crippen molar-refractivity contribution >= 4 is 11.0 Å². The van der Waals surface area contributed by atoms with E-state index in [2.05, 4.69) is 13.8 Å². The molecule has 0 saturated heterocycles. The molecular weight excluding hydrogens is 252 g/mol. The van der Waals surface area contributed by atoms with Crippen LogP contribution >= 0.6 is 0 Å². The van der Waals surface area contributed by atoms with E-state index in [0.717, 1.165) is 47.9 Å². The van der Waals surface area contributed by atoms with Crippen LogP contribution in [0.25, 0.3) is 11.0 Å². The van der Waals surface area contributed by atoms with Crippen molar-refractivity contribution < 1.29 is 9.15 Å². The molecule has 1 heterocycles. The first-order chi connectivity index (χ1) is 9.67. The van der Waals surface area contributed by atoms with Crippen molar-refractivity contribution in [2.45, 2.75) is 46.5 Å². The molecule has 0 N–H and O–H groups in total. The summed E-state index contributed by atoms with van der Waals surface area (Å²) in [6.45, 7) is 6.88. The Morgan fingerprint density at radius 1 is 1.20 bits per heavy atom. The van der Waals surface area contributed by atoms with Gasteiger partial charge in [-0.25, -0.2) is 4.79 Å². The van der Waals surface area contributed by atoms with Crippen molar-refractivity contribution in [2.24, 2.45) is 0 Å². The smallest absolute Gasteiger partial charge is 0.336 e. The van der Waals surface area contributed by atoms with Crippen LogP contribution in [0.1, 0.15) is 44.2 Å². The molecule has 0 radical (unpaired) electrons. The lowest BCUT2D eigenvalue weighted by atomic mass is 10.0. The average molecular weight is 274 g/mol. The van der Waals surface area contributed by atoms with Crippen molar-refractivity contribution in [3.63, 3.8) is 0 Å². The second-order valence-corrected chi connectivity index (χ2v) is 5.11. The van der Waals surface area contributed by atoms with Gasteiger partial charge in [0.1, 0.15) is 11.3 Å². The first-order valence-corrected chi connectivity index (χ1v) is 7.36. The first-order valence-electron chi connectivity index (χ1n) is 7.36. The van der Waals surface area contributed by atoms with Gasteiger partial charge >= 0.3 is 5.63 Å². The minimum atomic E-state index is -0.283. The highest BCUT2D eigenvalue weighted by Gasteiger charge is 2.11. The number of hydrogen-bond donors (Lipinski definition) is 0. The van der Waals surface area contributed by atoms with Crippen LogP contribution in [-0.4, -0.2) is 6.61 Å². The third-order valence-corrected chi connectivity index (χ3v) is 3.47. The van der Waals surface area contributed by atoms with Gasteiger partial charge in [0.05, 0.1) is 6.61 Å². The van der Waals surface area contributed by atoms with Crippen molar-refractivity contribution in [2.75, 3.05) is 6.61 Å². The third kappa shape index (κ3) is 3.03. The van der Waals surface area contributed by atoms with Crippen molar-refractivity contribution in [1.29, 1.82) is 0 Å².